The van der Waals surface area contributed by atoms with Crippen molar-refractivity contribution in [2.75, 3.05) is 6.54 Å². The molecule has 0 saturated heterocycles. The molecule has 0 aliphatic heterocycles. The summed E-state index contributed by atoms with van der Waals surface area (Å²) in [7, 11) is 0. The van der Waals surface area contributed by atoms with E-state index in [1.807, 2.05) is 24.5 Å². The van der Waals surface area contributed by atoms with E-state index in [-0.39, 0.29) is 6.04 Å². The van der Waals surface area contributed by atoms with Gasteiger partial charge in [-0.3, -0.25) is 9.97 Å². The van der Waals surface area contributed by atoms with E-state index in [0.29, 0.717) is 0 Å². The minimum Gasteiger partial charge on any atom is -0.334 e. The van der Waals surface area contributed by atoms with Gasteiger partial charge < -0.3 is 9.88 Å². The molecule has 2 heterocycles. The van der Waals surface area contributed by atoms with Crippen molar-refractivity contribution < 1.29 is 0 Å². The summed E-state index contributed by atoms with van der Waals surface area (Å²) in [4.78, 5) is 13.4. The Morgan fingerprint density at radius 3 is 2.76 bits per heavy atom. The fourth-order valence-corrected chi connectivity index (χ4v) is 2.64. The molecule has 0 spiro atoms. The Bertz CT molecular complexity index is 729. The zero-order valence-electron chi connectivity index (χ0n) is 12.3. The van der Waals surface area contributed by atoms with E-state index in [2.05, 4.69) is 44.7 Å². The average molecular weight is 281 g/mol. The van der Waals surface area contributed by atoms with Crippen LogP contribution in [0.1, 0.15) is 31.3 Å². The Balaban J connectivity index is 2.16. The Hall–Kier alpha value is -2.27. The third-order valence-electron chi connectivity index (χ3n) is 3.60. The highest BCUT2D eigenvalue weighted by molar-refractivity contribution is 5.78. The van der Waals surface area contributed by atoms with Gasteiger partial charge >= 0.3 is 0 Å². The van der Waals surface area contributed by atoms with Gasteiger partial charge in [0.2, 0.25) is 0 Å². The van der Waals surface area contributed by atoms with Gasteiger partial charge in [-0.2, -0.15) is 0 Å². The van der Waals surface area contributed by atoms with Gasteiger partial charge in [-0.25, -0.2) is 4.98 Å². The molecule has 0 saturated carbocycles. The molecule has 0 aliphatic carbocycles. The highest BCUT2D eigenvalue weighted by atomic mass is 15.1. The van der Waals surface area contributed by atoms with Crippen LogP contribution >= 0.6 is 0 Å². The lowest BCUT2D eigenvalue weighted by molar-refractivity contribution is 0.561. The van der Waals surface area contributed by atoms with Crippen LogP contribution in [0.5, 0.6) is 0 Å². The lowest BCUT2D eigenvalue weighted by atomic mass is 10.0. The number of benzene rings is 1. The summed E-state index contributed by atoms with van der Waals surface area (Å²) in [6, 6.07) is 6.13. The Morgan fingerprint density at radius 1 is 1.10 bits per heavy atom. The van der Waals surface area contributed by atoms with Crippen molar-refractivity contribution in [3.05, 3.63) is 54.4 Å². The van der Waals surface area contributed by atoms with E-state index in [0.717, 1.165) is 35.5 Å². The number of hydrogen-bond donors (Lipinski definition) is 1. The second kappa shape index (κ2) is 6.01. The molecule has 0 fully saturated rings. The van der Waals surface area contributed by atoms with Gasteiger partial charge in [-0.15, -0.1) is 0 Å². The standard InChI is InChI=1S/C16H19N5/c1-3-17-15(16-20-10-11-21(16)4-2)12-6-5-7-13-14(12)19-9-8-18-13/h5-11,15,17H,3-4H2,1-2H3. The van der Waals surface area contributed by atoms with Crippen LogP contribution in [-0.4, -0.2) is 26.1 Å². The summed E-state index contributed by atoms with van der Waals surface area (Å²) in [5.41, 5.74) is 2.95. The average Bonchev–Trinajstić information content (AvgIpc) is 3.00. The lowest BCUT2D eigenvalue weighted by Crippen LogP contribution is -2.25. The molecule has 1 unspecified atom stereocenters. The summed E-state index contributed by atoms with van der Waals surface area (Å²) in [5.74, 6) is 1.01. The van der Waals surface area contributed by atoms with Crippen LogP contribution in [0.25, 0.3) is 11.0 Å². The first-order valence-electron chi connectivity index (χ1n) is 7.29. The quantitative estimate of drug-likeness (QED) is 0.781. The third kappa shape index (κ3) is 2.52. The molecule has 1 N–H and O–H groups in total. The van der Waals surface area contributed by atoms with Crippen LogP contribution in [-0.2, 0) is 6.54 Å². The van der Waals surface area contributed by atoms with Crippen LogP contribution in [0.15, 0.2) is 43.0 Å². The van der Waals surface area contributed by atoms with Crippen molar-refractivity contribution in [1.29, 1.82) is 0 Å². The summed E-state index contributed by atoms with van der Waals surface area (Å²) in [6.07, 6.45) is 7.32. The molecule has 0 radical (unpaired) electrons. The minimum atomic E-state index is 0.0188. The van der Waals surface area contributed by atoms with Gasteiger partial charge in [0, 0.05) is 36.9 Å². The van der Waals surface area contributed by atoms with Crippen LogP contribution in [0.2, 0.25) is 0 Å². The van der Waals surface area contributed by atoms with Crippen molar-refractivity contribution in [3.63, 3.8) is 0 Å². The molecule has 1 atom stereocenters. The van der Waals surface area contributed by atoms with Crippen LogP contribution in [0.3, 0.4) is 0 Å². The number of hydrogen-bond acceptors (Lipinski definition) is 4. The van der Waals surface area contributed by atoms with E-state index >= 15 is 0 Å². The molecule has 1 aromatic carbocycles. The molecule has 21 heavy (non-hydrogen) atoms. The predicted molar refractivity (Wildman–Crippen MR) is 83.0 cm³/mol. The molecule has 5 nitrogen and oxygen atoms in total. The molecule has 0 aliphatic rings. The Labute approximate surface area is 124 Å². The van der Waals surface area contributed by atoms with Gasteiger partial charge in [0.05, 0.1) is 17.1 Å². The maximum atomic E-state index is 4.54. The zero-order valence-corrected chi connectivity index (χ0v) is 12.3. The topological polar surface area (TPSA) is 55.6 Å². The first kappa shape index (κ1) is 13.7. The molecule has 2 aromatic heterocycles. The second-order valence-corrected chi connectivity index (χ2v) is 4.83. The van der Waals surface area contributed by atoms with Crippen molar-refractivity contribution in [2.45, 2.75) is 26.4 Å². The Kier molecular flexibility index (Phi) is 3.92. The molecule has 5 heteroatoms. The Morgan fingerprint density at radius 2 is 1.95 bits per heavy atom. The molecular weight excluding hydrogens is 262 g/mol. The van der Waals surface area contributed by atoms with Crippen molar-refractivity contribution in [2.24, 2.45) is 0 Å². The van der Waals surface area contributed by atoms with Crippen molar-refractivity contribution >= 4 is 11.0 Å². The molecule has 3 rings (SSSR count). The number of aromatic nitrogens is 4. The molecule has 0 amide bonds. The van der Waals surface area contributed by atoms with Gasteiger partial charge in [0.25, 0.3) is 0 Å². The SMILES string of the molecule is CCNC(c1cccc2nccnc12)c1nccn1CC. The second-order valence-electron chi connectivity index (χ2n) is 4.83. The summed E-state index contributed by atoms with van der Waals surface area (Å²) < 4.78 is 2.16. The van der Waals surface area contributed by atoms with Gasteiger partial charge in [0.15, 0.2) is 0 Å². The maximum Gasteiger partial charge on any atom is 0.130 e. The van der Waals surface area contributed by atoms with Crippen molar-refractivity contribution in [3.8, 4) is 0 Å². The molecule has 0 bridgehead atoms. The molecule has 3 aromatic rings. The van der Waals surface area contributed by atoms with Crippen LogP contribution < -0.4 is 5.32 Å². The van der Waals surface area contributed by atoms with Crippen LogP contribution in [0, 0.1) is 0 Å². The fraction of sp³-hybridized carbons (Fsp3) is 0.312. The highest BCUT2D eigenvalue weighted by Gasteiger charge is 2.20. The van der Waals surface area contributed by atoms with E-state index in [4.69, 9.17) is 0 Å². The monoisotopic (exact) mass is 281 g/mol. The minimum absolute atomic E-state index is 0.0188. The van der Waals surface area contributed by atoms with E-state index < -0.39 is 0 Å². The highest BCUT2D eigenvalue weighted by Crippen LogP contribution is 2.26. The molecular formula is C16H19N5. The first-order chi connectivity index (χ1) is 10.3. The number of aryl methyl sites for hydroxylation is 1. The number of imidazole rings is 1. The fourth-order valence-electron chi connectivity index (χ4n) is 2.64. The van der Waals surface area contributed by atoms with E-state index in [1.165, 1.54) is 0 Å². The number of nitrogens with zero attached hydrogens (tertiary/aromatic N) is 4. The number of fused-ring (bicyclic) bond motifs is 1. The number of rotatable bonds is 5. The largest absolute Gasteiger partial charge is 0.334 e. The van der Waals surface area contributed by atoms with Gasteiger partial charge in [0.1, 0.15) is 5.82 Å². The van der Waals surface area contributed by atoms with E-state index in [1.54, 1.807) is 12.4 Å². The normalized spacial score (nSPS) is 12.7. The number of nitrogens with one attached hydrogen (secondary N) is 1. The predicted octanol–water partition coefficient (Wildman–Crippen LogP) is 2.55. The smallest absolute Gasteiger partial charge is 0.130 e. The summed E-state index contributed by atoms with van der Waals surface area (Å²) in [5, 5.41) is 3.52. The maximum absolute atomic E-state index is 4.54. The van der Waals surface area contributed by atoms with Crippen LogP contribution in [0.4, 0.5) is 0 Å². The first-order valence-corrected chi connectivity index (χ1v) is 7.29. The van der Waals surface area contributed by atoms with E-state index in [9.17, 15) is 0 Å². The zero-order chi connectivity index (χ0) is 14.7. The summed E-state index contributed by atoms with van der Waals surface area (Å²) in [6.45, 7) is 5.98. The number of para-hydroxylation sites is 1. The van der Waals surface area contributed by atoms with Crippen molar-refractivity contribution in [1.82, 2.24) is 24.8 Å². The van der Waals surface area contributed by atoms with Gasteiger partial charge in [-0.1, -0.05) is 19.1 Å². The third-order valence-corrected chi connectivity index (χ3v) is 3.60. The van der Waals surface area contributed by atoms with Gasteiger partial charge in [-0.05, 0) is 19.5 Å². The lowest BCUT2D eigenvalue weighted by Gasteiger charge is -2.20. The summed E-state index contributed by atoms with van der Waals surface area (Å²) >= 11 is 0. The molecule has 108 valence electrons.